The molecule has 0 aliphatic rings. The van der Waals surface area contributed by atoms with E-state index in [9.17, 15) is 4.79 Å². The van der Waals surface area contributed by atoms with Crippen LogP contribution in [0.5, 0.6) is 0 Å². The monoisotopic (exact) mass is 174 g/mol. The summed E-state index contributed by atoms with van der Waals surface area (Å²) < 4.78 is 0. The van der Waals surface area contributed by atoms with Crippen molar-refractivity contribution < 1.29 is 0 Å². The van der Waals surface area contributed by atoms with Gasteiger partial charge in [-0.3, -0.25) is 4.79 Å². The SMILES string of the molecule is Cc1cccc2c(N)cc(=O)[nH]c12. The first-order valence-electron chi connectivity index (χ1n) is 4.06. The van der Waals surface area contributed by atoms with Gasteiger partial charge in [0.2, 0.25) is 5.56 Å². The van der Waals surface area contributed by atoms with Gasteiger partial charge in [0.25, 0.3) is 0 Å². The van der Waals surface area contributed by atoms with Crippen molar-refractivity contribution in [3.05, 3.63) is 40.2 Å². The predicted octanol–water partition coefficient (Wildman–Crippen LogP) is 1.42. The van der Waals surface area contributed by atoms with Gasteiger partial charge >= 0.3 is 0 Å². The van der Waals surface area contributed by atoms with Crippen LogP contribution in [0.25, 0.3) is 10.9 Å². The van der Waals surface area contributed by atoms with Crippen molar-refractivity contribution in [2.24, 2.45) is 0 Å². The minimum atomic E-state index is -0.153. The van der Waals surface area contributed by atoms with Crippen molar-refractivity contribution in [1.29, 1.82) is 0 Å². The van der Waals surface area contributed by atoms with E-state index < -0.39 is 0 Å². The number of nitrogen functional groups attached to an aromatic ring is 1. The maximum absolute atomic E-state index is 11.1. The largest absolute Gasteiger partial charge is 0.398 e. The third kappa shape index (κ3) is 1.18. The summed E-state index contributed by atoms with van der Waals surface area (Å²) in [6.07, 6.45) is 0. The Balaban J connectivity index is 3.03. The highest BCUT2D eigenvalue weighted by Crippen LogP contribution is 2.19. The number of rotatable bonds is 0. The molecule has 0 amide bonds. The van der Waals surface area contributed by atoms with Gasteiger partial charge in [-0.2, -0.15) is 0 Å². The number of fused-ring (bicyclic) bond motifs is 1. The third-order valence-electron chi connectivity index (χ3n) is 2.12. The van der Waals surface area contributed by atoms with E-state index in [1.165, 1.54) is 6.07 Å². The van der Waals surface area contributed by atoms with Crippen LogP contribution in [0.3, 0.4) is 0 Å². The van der Waals surface area contributed by atoms with Gasteiger partial charge < -0.3 is 10.7 Å². The maximum atomic E-state index is 11.1. The number of pyridine rings is 1. The van der Waals surface area contributed by atoms with Gasteiger partial charge in [0, 0.05) is 17.1 Å². The highest BCUT2D eigenvalue weighted by Gasteiger charge is 2.00. The van der Waals surface area contributed by atoms with Gasteiger partial charge in [0.1, 0.15) is 0 Å². The number of hydrogen-bond donors (Lipinski definition) is 2. The molecule has 1 aromatic carbocycles. The van der Waals surface area contributed by atoms with Crippen molar-refractivity contribution in [2.45, 2.75) is 6.92 Å². The van der Waals surface area contributed by atoms with E-state index in [4.69, 9.17) is 5.73 Å². The minimum Gasteiger partial charge on any atom is -0.398 e. The van der Waals surface area contributed by atoms with Crippen molar-refractivity contribution in [3.8, 4) is 0 Å². The molecule has 3 heteroatoms. The molecule has 1 heterocycles. The molecule has 2 rings (SSSR count). The third-order valence-corrected chi connectivity index (χ3v) is 2.12. The fourth-order valence-corrected chi connectivity index (χ4v) is 1.45. The summed E-state index contributed by atoms with van der Waals surface area (Å²) in [5.41, 5.74) is 7.94. The summed E-state index contributed by atoms with van der Waals surface area (Å²) in [6.45, 7) is 1.94. The number of para-hydroxylation sites is 1. The fourth-order valence-electron chi connectivity index (χ4n) is 1.45. The molecule has 66 valence electrons. The van der Waals surface area contributed by atoms with Gasteiger partial charge in [0.15, 0.2) is 0 Å². The van der Waals surface area contributed by atoms with Crippen LogP contribution < -0.4 is 11.3 Å². The summed E-state index contributed by atoms with van der Waals surface area (Å²) in [6, 6.07) is 7.17. The van der Waals surface area contributed by atoms with Crippen molar-refractivity contribution in [3.63, 3.8) is 0 Å². The zero-order chi connectivity index (χ0) is 9.42. The topological polar surface area (TPSA) is 58.9 Å². The summed E-state index contributed by atoms with van der Waals surface area (Å²) >= 11 is 0. The maximum Gasteiger partial charge on any atom is 0.250 e. The summed E-state index contributed by atoms with van der Waals surface area (Å²) in [5, 5.41) is 0.902. The second kappa shape index (κ2) is 2.62. The van der Waals surface area contributed by atoms with Crippen LogP contribution >= 0.6 is 0 Å². The minimum absolute atomic E-state index is 0.153. The van der Waals surface area contributed by atoms with Crippen LogP contribution in [-0.2, 0) is 0 Å². The second-order valence-electron chi connectivity index (χ2n) is 3.09. The van der Waals surface area contributed by atoms with Crippen LogP contribution in [0.2, 0.25) is 0 Å². The van der Waals surface area contributed by atoms with Gasteiger partial charge in [-0.1, -0.05) is 18.2 Å². The molecule has 13 heavy (non-hydrogen) atoms. The Hall–Kier alpha value is -1.77. The highest BCUT2D eigenvalue weighted by molar-refractivity contribution is 5.91. The molecule has 0 bridgehead atoms. The van der Waals surface area contributed by atoms with Gasteiger partial charge in [0.05, 0.1) is 5.52 Å². The molecule has 3 nitrogen and oxygen atoms in total. The Morgan fingerprint density at radius 3 is 2.92 bits per heavy atom. The summed E-state index contributed by atoms with van der Waals surface area (Å²) in [7, 11) is 0. The quantitative estimate of drug-likeness (QED) is 0.634. The number of anilines is 1. The van der Waals surface area contributed by atoms with E-state index in [0.29, 0.717) is 5.69 Å². The molecule has 0 saturated carbocycles. The number of nitrogens with two attached hydrogens (primary N) is 1. The van der Waals surface area contributed by atoms with Gasteiger partial charge in [-0.15, -0.1) is 0 Å². The first-order valence-corrected chi connectivity index (χ1v) is 4.06. The van der Waals surface area contributed by atoms with E-state index in [2.05, 4.69) is 4.98 Å². The Kier molecular flexibility index (Phi) is 1.59. The first-order chi connectivity index (χ1) is 6.18. The average molecular weight is 174 g/mol. The Morgan fingerprint density at radius 2 is 2.15 bits per heavy atom. The van der Waals surface area contributed by atoms with Crippen LogP contribution in [0, 0.1) is 6.92 Å². The smallest absolute Gasteiger partial charge is 0.250 e. The van der Waals surface area contributed by atoms with Crippen molar-refractivity contribution >= 4 is 16.6 Å². The van der Waals surface area contributed by atoms with Crippen LogP contribution in [0.15, 0.2) is 29.1 Å². The normalized spacial score (nSPS) is 10.5. The number of aromatic amines is 1. The standard InChI is InChI=1S/C10H10N2O/c1-6-3-2-4-7-8(11)5-9(13)12-10(6)7/h2-5H,1H3,(H3,11,12,13). The molecule has 2 aromatic rings. The lowest BCUT2D eigenvalue weighted by Crippen LogP contribution is -2.06. The molecule has 1 aromatic heterocycles. The zero-order valence-corrected chi connectivity index (χ0v) is 7.29. The second-order valence-corrected chi connectivity index (χ2v) is 3.09. The van der Waals surface area contributed by atoms with E-state index in [1.807, 2.05) is 25.1 Å². The number of benzene rings is 1. The molecule has 0 aliphatic carbocycles. The van der Waals surface area contributed by atoms with E-state index in [1.54, 1.807) is 0 Å². The summed E-state index contributed by atoms with van der Waals surface area (Å²) in [4.78, 5) is 13.9. The van der Waals surface area contributed by atoms with E-state index in [-0.39, 0.29) is 5.56 Å². The van der Waals surface area contributed by atoms with Crippen LogP contribution in [0.4, 0.5) is 5.69 Å². The zero-order valence-electron chi connectivity index (χ0n) is 7.29. The molecule has 3 N–H and O–H groups in total. The van der Waals surface area contributed by atoms with Crippen molar-refractivity contribution in [2.75, 3.05) is 5.73 Å². The lowest BCUT2D eigenvalue weighted by molar-refractivity contribution is 1.29. The Bertz CT molecular complexity index is 514. The number of aromatic nitrogens is 1. The van der Waals surface area contributed by atoms with Crippen LogP contribution in [-0.4, -0.2) is 4.98 Å². The van der Waals surface area contributed by atoms with Gasteiger partial charge in [-0.05, 0) is 12.5 Å². The fraction of sp³-hybridized carbons (Fsp3) is 0.100. The lowest BCUT2D eigenvalue weighted by Gasteiger charge is -2.03. The molecule has 0 radical (unpaired) electrons. The van der Waals surface area contributed by atoms with Crippen molar-refractivity contribution in [1.82, 2.24) is 4.98 Å². The van der Waals surface area contributed by atoms with E-state index in [0.717, 1.165) is 16.5 Å². The molecule has 0 spiro atoms. The molecule has 0 atom stereocenters. The number of H-pyrrole nitrogens is 1. The Morgan fingerprint density at radius 1 is 1.38 bits per heavy atom. The predicted molar refractivity (Wildman–Crippen MR) is 53.7 cm³/mol. The van der Waals surface area contributed by atoms with E-state index >= 15 is 0 Å². The molecule has 0 aliphatic heterocycles. The summed E-state index contributed by atoms with van der Waals surface area (Å²) in [5.74, 6) is 0. The highest BCUT2D eigenvalue weighted by atomic mass is 16.1. The van der Waals surface area contributed by atoms with Crippen LogP contribution in [0.1, 0.15) is 5.56 Å². The Labute approximate surface area is 75.2 Å². The first kappa shape index (κ1) is 7.86. The average Bonchev–Trinajstić information content (AvgIpc) is 2.07. The number of nitrogens with one attached hydrogen (secondary N) is 1. The molecular weight excluding hydrogens is 164 g/mol. The van der Waals surface area contributed by atoms with Gasteiger partial charge in [-0.25, -0.2) is 0 Å². The molecule has 0 unspecified atom stereocenters. The molecule has 0 fully saturated rings. The molecular formula is C10H10N2O. The number of aryl methyl sites for hydroxylation is 1. The molecule has 0 saturated heterocycles. The number of hydrogen-bond acceptors (Lipinski definition) is 2. The lowest BCUT2D eigenvalue weighted by atomic mass is 10.1.